The van der Waals surface area contributed by atoms with E-state index in [1.54, 1.807) is 4.90 Å². The van der Waals surface area contributed by atoms with Crippen molar-refractivity contribution >= 4 is 27.4 Å². The first-order valence-corrected chi connectivity index (χ1v) is 10.5. The smallest absolute Gasteiger partial charge is 0.416 e. The molecular formula is C19H18F4N2O4S. The zero-order valence-corrected chi connectivity index (χ0v) is 16.4. The number of nitrogens with one attached hydrogen (secondary N) is 1. The topological polar surface area (TPSA) is 86.7 Å². The summed E-state index contributed by atoms with van der Waals surface area (Å²) in [7, 11) is -4.71. The van der Waals surface area contributed by atoms with Gasteiger partial charge in [0, 0.05) is 13.1 Å². The molecular weight excluding hydrogens is 428 g/mol. The Balaban J connectivity index is 2.07. The maximum atomic E-state index is 14.2. The number of carboxylic acid groups (broad SMARTS) is 1. The highest BCUT2D eigenvalue weighted by Gasteiger charge is 2.32. The summed E-state index contributed by atoms with van der Waals surface area (Å²) in [6.45, 7) is 1.06. The predicted octanol–water partition coefficient (Wildman–Crippen LogP) is 4.33. The van der Waals surface area contributed by atoms with Crippen molar-refractivity contribution in [1.29, 1.82) is 0 Å². The lowest BCUT2D eigenvalue weighted by Crippen LogP contribution is -2.30. The second kappa shape index (κ2) is 8.13. The van der Waals surface area contributed by atoms with Crippen LogP contribution in [0.15, 0.2) is 41.3 Å². The highest BCUT2D eigenvalue weighted by Crippen LogP contribution is 2.37. The molecule has 0 saturated carbocycles. The summed E-state index contributed by atoms with van der Waals surface area (Å²) < 4.78 is 81.2. The van der Waals surface area contributed by atoms with E-state index in [-0.39, 0.29) is 11.4 Å². The van der Waals surface area contributed by atoms with E-state index in [1.807, 2.05) is 4.72 Å². The van der Waals surface area contributed by atoms with E-state index in [9.17, 15) is 30.8 Å². The largest absolute Gasteiger partial charge is 0.478 e. The van der Waals surface area contributed by atoms with Gasteiger partial charge in [-0.1, -0.05) is 0 Å². The number of benzene rings is 2. The van der Waals surface area contributed by atoms with Gasteiger partial charge in [-0.25, -0.2) is 17.6 Å². The first-order valence-electron chi connectivity index (χ1n) is 9.01. The molecule has 6 nitrogen and oxygen atoms in total. The molecule has 0 aromatic heterocycles. The lowest BCUT2D eigenvalue weighted by molar-refractivity contribution is -0.137. The third-order valence-corrected chi connectivity index (χ3v) is 6.11. The van der Waals surface area contributed by atoms with Gasteiger partial charge in [0.05, 0.1) is 22.5 Å². The number of hydrogen-bond donors (Lipinski definition) is 2. The minimum Gasteiger partial charge on any atom is -0.478 e. The van der Waals surface area contributed by atoms with Crippen LogP contribution in [-0.2, 0) is 16.2 Å². The number of carbonyl (C=O) groups is 1. The summed E-state index contributed by atoms with van der Waals surface area (Å²) >= 11 is 0. The lowest BCUT2D eigenvalue weighted by Gasteiger charge is -2.31. The Morgan fingerprint density at radius 1 is 1.03 bits per heavy atom. The number of carboxylic acids is 1. The molecule has 2 aromatic carbocycles. The minimum absolute atomic E-state index is 0.237. The molecule has 1 aliphatic heterocycles. The molecule has 1 aliphatic rings. The molecule has 0 bridgehead atoms. The van der Waals surface area contributed by atoms with Crippen molar-refractivity contribution in [3.63, 3.8) is 0 Å². The van der Waals surface area contributed by atoms with Gasteiger partial charge in [-0.15, -0.1) is 0 Å². The molecule has 2 aromatic rings. The van der Waals surface area contributed by atoms with Crippen LogP contribution in [0.2, 0.25) is 0 Å². The van der Waals surface area contributed by atoms with Crippen LogP contribution in [0.25, 0.3) is 0 Å². The molecule has 0 atom stereocenters. The van der Waals surface area contributed by atoms with Crippen molar-refractivity contribution in [3.8, 4) is 0 Å². The third-order valence-electron chi connectivity index (χ3n) is 4.73. The van der Waals surface area contributed by atoms with Crippen LogP contribution in [0.1, 0.15) is 35.2 Å². The fourth-order valence-corrected chi connectivity index (χ4v) is 4.42. The number of nitrogens with zero attached hydrogens (tertiary/aromatic N) is 1. The Morgan fingerprint density at radius 3 is 2.30 bits per heavy atom. The molecule has 0 unspecified atom stereocenters. The summed E-state index contributed by atoms with van der Waals surface area (Å²) in [5.74, 6) is -2.70. The van der Waals surface area contributed by atoms with Crippen molar-refractivity contribution in [1.82, 2.24) is 0 Å². The number of piperidine rings is 1. The molecule has 30 heavy (non-hydrogen) atoms. The maximum Gasteiger partial charge on any atom is 0.416 e. The number of halogens is 4. The van der Waals surface area contributed by atoms with Gasteiger partial charge in [-0.2, -0.15) is 13.2 Å². The second-order valence-electron chi connectivity index (χ2n) is 6.83. The average molecular weight is 446 g/mol. The van der Waals surface area contributed by atoms with E-state index in [1.165, 1.54) is 6.07 Å². The van der Waals surface area contributed by atoms with Crippen LogP contribution < -0.4 is 9.62 Å². The second-order valence-corrected chi connectivity index (χ2v) is 8.48. The Hall–Kier alpha value is -2.82. The summed E-state index contributed by atoms with van der Waals surface area (Å²) in [6.07, 6.45) is -2.18. The Morgan fingerprint density at radius 2 is 1.70 bits per heavy atom. The van der Waals surface area contributed by atoms with Gasteiger partial charge in [-0.3, -0.25) is 4.72 Å². The summed E-state index contributed by atoms with van der Waals surface area (Å²) in [5, 5.41) is 9.03. The van der Waals surface area contributed by atoms with Crippen LogP contribution in [-0.4, -0.2) is 32.6 Å². The molecule has 11 heteroatoms. The predicted molar refractivity (Wildman–Crippen MR) is 102 cm³/mol. The van der Waals surface area contributed by atoms with E-state index in [0.717, 1.165) is 31.4 Å². The number of anilines is 2. The Labute approximate surface area is 170 Å². The summed E-state index contributed by atoms with van der Waals surface area (Å²) in [5.41, 5.74) is -1.66. The van der Waals surface area contributed by atoms with E-state index < -0.39 is 44.0 Å². The lowest BCUT2D eigenvalue weighted by atomic mass is 10.1. The van der Waals surface area contributed by atoms with Gasteiger partial charge in [0.15, 0.2) is 0 Å². The van der Waals surface area contributed by atoms with Gasteiger partial charge in [0.1, 0.15) is 10.7 Å². The summed E-state index contributed by atoms with van der Waals surface area (Å²) in [4.78, 5) is 11.9. The highest BCUT2D eigenvalue weighted by atomic mass is 32.2. The molecule has 2 N–H and O–H groups in total. The van der Waals surface area contributed by atoms with Crippen molar-refractivity contribution < 1.29 is 35.9 Å². The van der Waals surface area contributed by atoms with Gasteiger partial charge >= 0.3 is 12.1 Å². The SMILES string of the molecule is O=C(O)c1ccc(F)c(S(=O)(=O)Nc2cc(C(F)(F)F)ccc2N2CCCCC2)c1. The quantitative estimate of drug-likeness (QED) is 0.668. The van der Waals surface area contributed by atoms with E-state index >= 15 is 0 Å². The van der Waals surface area contributed by atoms with E-state index in [0.29, 0.717) is 31.3 Å². The summed E-state index contributed by atoms with van der Waals surface area (Å²) in [6, 6.07) is 4.87. The fourth-order valence-electron chi connectivity index (χ4n) is 3.25. The van der Waals surface area contributed by atoms with E-state index in [4.69, 9.17) is 5.11 Å². The van der Waals surface area contributed by atoms with E-state index in [2.05, 4.69) is 0 Å². The molecule has 0 aliphatic carbocycles. The number of alkyl halides is 3. The molecule has 0 radical (unpaired) electrons. The molecule has 1 heterocycles. The number of hydrogen-bond acceptors (Lipinski definition) is 4. The van der Waals surface area contributed by atoms with Crippen molar-refractivity contribution in [3.05, 3.63) is 53.3 Å². The standard InChI is InChI=1S/C19H18F4N2O4S/c20-14-6-4-12(18(26)27)10-17(14)30(28,29)24-15-11-13(19(21,22)23)5-7-16(15)25-8-2-1-3-9-25/h4-7,10-11,24H,1-3,8-9H2,(H,26,27). The highest BCUT2D eigenvalue weighted by molar-refractivity contribution is 7.92. The fraction of sp³-hybridized carbons (Fsp3) is 0.316. The van der Waals surface area contributed by atoms with Crippen molar-refractivity contribution in [2.24, 2.45) is 0 Å². The van der Waals surface area contributed by atoms with Gasteiger partial charge in [0.2, 0.25) is 0 Å². The first-order chi connectivity index (χ1) is 14.0. The zero-order valence-electron chi connectivity index (χ0n) is 15.5. The normalized spacial score (nSPS) is 15.1. The van der Waals surface area contributed by atoms with Crippen LogP contribution >= 0.6 is 0 Å². The van der Waals surface area contributed by atoms with Gasteiger partial charge < -0.3 is 10.0 Å². The third kappa shape index (κ3) is 4.66. The zero-order chi connectivity index (χ0) is 22.1. The minimum atomic E-state index is -4.71. The molecule has 0 spiro atoms. The van der Waals surface area contributed by atoms with Crippen LogP contribution in [0.5, 0.6) is 0 Å². The number of sulfonamides is 1. The van der Waals surface area contributed by atoms with Gasteiger partial charge in [-0.05, 0) is 55.7 Å². The Bertz CT molecular complexity index is 1060. The Kier molecular flexibility index (Phi) is 5.93. The number of rotatable bonds is 5. The van der Waals surface area contributed by atoms with Crippen molar-refractivity contribution in [2.45, 2.75) is 30.3 Å². The maximum absolute atomic E-state index is 14.2. The number of aromatic carboxylic acids is 1. The molecule has 1 saturated heterocycles. The average Bonchev–Trinajstić information content (AvgIpc) is 2.67. The first kappa shape index (κ1) is 21.9. The molecule has 0 amide bonds. The monoisotopic (exact) mass is 446 g/mol. The van der Waals surface area contributed by atoms with Crippen molar-refractivity contribution in [2.75, 3.05) is 22.7 Å². The molecule has 1 fully saturated rings. The molecule has 3 rings (SSSR count). The molecule has 162 valence electrons. The van der Waals surface area contributed by atoms with Crippen LogP contribution in [0.3, 0.4) is 0 Å². The van der Waals surface area contributed by atoms with Crippen LogP contribution in [0, 0.1) is 5.82 Å². The van der Waals surface area contributed by atoms with Gasteiger partial charge in [0.25, 0.3) is 10.0 Å². The van der Waals surface area contributed by atoms with Crippen LogP contribution in [0.4, 0.5) is 28.9 Å².